The summed E-state index contributed by atoms with van der Waals surface area (Å²) >= 11 is 15.1. The number of rotatable bonds is 4. The van der Waals surface area contributed by atoms with E-state index in [2.05, 4.69) is 10.1 Å². The summed E-state index contributed by atoms with van der Waals surface area (Å²) in [5, 5.41) is 6.07. The average Bonchev–Trinajstić information content (AvgIpc) is 3.13. The van der Waals surface area contributed by atoms with Crippen molar-refractivity contribution in [1.29, 1.82) is 0 Å². The molecule has 24 heavy (non-hydrogen) atoms. The van der Waals surface area contributed by atoms with E-state index in [1.165, 1.54) is 5.56 Å². The molecular formula is C17H11Cl2N3S2. The van der Waals surface area contributed by atoms with Crippen molar-refractivity contribution in [3.8, 4) is 11.3 Å². The molecular weight excluding hydrogens is 381 g/mol. The summed E-state index contributed by atoms with van der Waals surface area (Å²) in [6.45, 7) is 0. The van der Waals surface area contributed by atoms with Crippen molar-refractivity contribution in [3.63, 3.8) is 0 Å². The van der Waals surface area contributed by atoms with E-state index in [9.17, 15) is 0 Å². The Bertz CT molecular complexity index is 944. The highest BCUT2D eigenvalue weighted by Gasteiger charge is 2.10. The van der Waals surface area contributed by atoms with Crippen LogP contribution in [0.4, 0.5) is 0 Å². The van der Waals surface area contributed by atoms with Crippen LogP contribution in [0.1, 0.15) is 5.56 Å². The van der Waals surface area contributed by atoms with Gasteiger partial charge in [-0.2, -0.15) is 0 Å². The number of hydrogen-bond donors (Lipinski definition) is 0. The molecule has 4 rings (SSSR count). The Morgan fingerprint density at radius 1 is 0.958 bits per heavy atom. The predicted molar refractivity (Wildman–Crippen MR) is 102 cm³/mol. The van der Waals surface area contributed by atoms with Gasteiger partial charge in [0.1, 0.15) is 0 Å². The quantitative estimate of drug-likeness (QED) is 0.396. The van der Waals surface area contributed by atoms with Gasteiger partial charge in [-0.3, -0.25) is 0 Å². The van der Waals surface area contributed by atoms with Crippen molar-refractivity contribution in [3.05, 3.63) is 70.3 Å². The van der Waals surface area contributed by atoms with E-state index in [0.717, 1.165) is 36.4 Å². The fraction of sp³-hybridized carbons (Fsp3) is 0.0588. The highest BCUT2D eigenvalue weighted by atomic mass is 35.5. The number of imidazole rings is 1. The van der Waals surface area contributed by atoms with Crippen LogP contribution in [0.5, 0.6) is 0 Å². The van der Waals surface area contributed by atoms with Gasteiger partial charge in [-0.1, -0.05) is 70.6 Å². The molecule has 2 heterocycles. The van der Waals surface area contributed by atoms with Crippen LogP contribution < -0.4 is 0 Å². The molecule has 3 nitrogen and oxygen atoms in total. The molecule has 0 saturated heterocycles. The topological polar surface area (TPSA) is 30.2 Å². The molecule has 0 aliphatic carbocycles. The van der Waals surface area contributed by atoms with Crippen LogP contribution in [-0.4, -0.2) is 14.6 Å². The molecule has 0 bridgehead atoms. The van der Waals surface area contributed by atoms with Gasteiger partial charge in [-0.25, -0.2) is 9.50 Å². The van der Waals surface area contributed by atoms with Gasteiger partial charge in [0.15, 0.2) is 4.34 Å². The third-order valence-electron chi connectivity index (χ3n) is 3.44. The zero-order valence-corrected chi connectivity index (χ0v) is 15.5. The van der Waals surface area contributed by atoms with Crippen LogP contribution in [0.25, 0.3) is 16.2 Å². The second-order valence-corrected chi connectivity index (χ2v) is 8.19. The zero-order chi connectivity index (χ0) is 16.5. The Kier molecular flexibility index (Phi) is 4.50. The van der Waals surface area contributed by atoms with Gasteiger partial charge >= 0.3 is 0 Å². The minimum absolute atomic E-state index is 0.721. The Labute approximate surface area is 157 Å². The molecule has 120 valence electrons. The first kappa shape index (κ1) is 16.0. The minimum atomic E-state index is 0.721. The summed E-state index contributed by atoms with van der Waals surface area (Å²) in [6, 6.07) is 15.5. The lowest BCUT2D eigenvalue weighted by atomic mass is 10.2. The lowest BCUT2D eigenvalue weighted by molar-refractivity contribution is 0.915. The molecule has 0 radical (unpaired) electrons. The van der Waals surface area contributed by atoms with Gasteiger partial charge in [-0.05, 0) is 29.8 Å². The van der Waals surface area contributed by atoms with Crippen molar-refractivity contribution in [2.45, 2.75) is 10.1 Å². The van der Waals surface area contributed by atoms with Crippen LogP contribution >= 0.6 is 46.3 Å². The van der Waals surface area contributed by atoms with Crippen molar-refractivity contribution in [2.75, 3.05) is 0 Å². The van der Waals surface area contributed by atoms with Gasteiger partial charge in [0, 0.05) is 21.4 Å². The van der Waals surface area contributed by atoms with E-state index in [-0.39, 0.29) is 0 Å². The van der Waals surface area contributed by atoms with E-state index in [1.807, 2.05) is 59.2 Å². The van der Waals surface area contributed by atoms with Crippen LogP contribution in [0, 0.1) is 0 Å². The summed E-state index contributed by atoms with van der Waals surface area (Å²) in [5.41, 5.74) is 3.16. The Morgan fingerprint density at radius 2 is 1.62 bits per heavy atom. The molecule has 0 amide bonds. The summed E-state index contributed by atoms with van der Waals surface area (Å²) < 4.78 is 2.83. The van der Waals surface area contributed by atoms with Crippen molar-refractivity contribution >= 4 is 51.3 Å². The maximum absolute atomic E-state index is 5.93. The second kappa shape index (κ2) is 6.76. The monoisotopic (exact) mass is 391 g/mol. The fourth-order valence-electron chi connectivity index (χ4n) is 2.23. The first-order valence-corrected chi connectivity index (χ1v) is 9.72. The lowest BCUT2D eigenvalue weighted by Gasteiger charge is -1.98. The SMILES string of the molecule is Clc1ccc(CSc2nn3cc(-c4ccc(Cl)cc4)nc3s2)cc1. The van der Waals surface area contributed by atoms with E-state index in [0.29, 0.717) is 0 Å². The number of hydrogen-bond acceptors (Lipinski definition) is 4. The maximum atomic E-state index is 5.93. The number of fused-ring (bicyclic) bond motifs is 1. The second-order valence-electron chi connectivity index (χ2n) is 5.14. The number of aromatic nitrogens is 3. The number of nitrogens with zero attached hydrogens (tertiary/aromatic N) is 3. The number of thioether (sulfide) groups is 1. The summed E-state index contributed by atoms with van der Waals surface area (Å²) in [7, 11) is 0. The van der Waals surface area contributed by atoms with Gasteiger partial charge in [-0.15, -0.1) is 5.10 Å². The molecule has 0 N–H and O–H groups in total. The van der Waals surface area contributed by atoms with Gasteiger partial charge in [0.05, 0.1) is 11.9 Å². The van der Waals surface area contributed by atoms with E-state index < -0.39 is 0 Å². The highest BCUT2D eigenvalue weighted by Crippen LogP contribution is 2.30. The van der Waals surface area contributed by atoms with E-state index in [4.69, 9.17) is 23.2 Å². The molecule has 0 aliphatic heterocycles. The first-order valence-electron chi connectivity index (χ1n) is 7.17. The largest absolute Gasteiger partial charge is 0.217 e. The third kappa shape index (κ3) is 3.44. The summed E-state index contributed by atoms with van der Waals surface area (Å²) in [5.74, 6) is 0.859. The van der Waals surface area contributed by atoms with Gasteiger partial charge in [0.25, 0.3) is 0 Å². The Morgan fingerprint density at radius 3 is 2.29 bits per heavy atom. The molecule has 0 spiro atoms. The predicted octanol–water partition coefficient (Wildman–Crippen LogP) is 6.06. The third-order valence-corrected chi connectivity index (χ3v) is 6.07. The van der Waals surface area contributed by atoms with Gasteiger partial charge < -0.3 is 0 Å². The first-order chi connectivity index (χ1) is 11.7. The smallest absolute Gasteiger partial charge is 0.213 e. The molecule has 7 heteroatoms. The molecule has 4 aromatic rings. The normalized spacial score (nSPS) is 11.2. The van der Waals surface area contributed by atoms with Crippen molar-refractivity contribution < 1.29 is 0 Å². The molecule has 0 aliphatic rings. The van der Waals surface area contributed by atoms with Gasteiger partial charge in [0.2, 0.25) is 4.96 Å². The standard InChI is InChI=1S/C17H11Cl2N3S2/c18-13-5-1-11(2-6-13)10-23-17-21-22-9-15(20-16(22)24-17)12-3-7-14(19)8-4-12/h1-9H,10H2. The van der Waals surface area contributed by atoms with Crippen LogP contribution in [0.15, 0.2) is 59.1 Å². The average molecular weight is 392 g/mol. The van der Waals surface area contributed by atoms with Crippen LogP contribution in [0.2, 0.25) is 10.0 Å². The molecule has 0 saturated carbocycles. The van der Waals surface area contributed by atoms with E-state index >= 15 is 0 Å². The number of halogens is 2. The Hall–Kier alpha value is -1.53. The summed E-state index contributed by atoms with van der Waals surface area (Å²) in [4.78, 5) is 5.53. The van der Waals surface area contributed by atoms with Crippen molar-refractivity contribution in [1.82, 2.24) is 14.6 Å². The molecule has 0 unspecified atom stereocenters. The fourth-order valence-corrected chi connectivity index (χ4v) is 4.36. The van der Waals surface area contributed by atoms with E-state index in [1.54, 1.807) is 23.1 Å². The van der Waals surface area contributed by atoms with Crippen LogP contribution in [-0.2, 0) is 5.75 Å². The maximum Gasteiger partial charge on any atom is 0.213 e. The zero-order valence-electron chi connectivity index (χ0n) is 12.3. The highest BCUT2D eigenvalue weighted by molar-refractivity contribution is 8.00. The molecule has 0 atom stereocenters. The lowest BCUT2D eigenvalue weighted by Crippen LogP contribution is -1.83. The Balaban J connectivity index is 1.51. The van der Waals surface area contributed by atoms with Crippen molar-refractivity contribution in [2.24, 2.45) is 0 Å². The molecule has 0 fully saturated rings. The van der Waals surface area contributed by atoms with Crippen LogP contribution in [0.3, 0.4) is 0 Å². The summed E-state index contributed by atoms with van der Waals surface area (Å²) in [6.07, 6.45) is 1.95. The number of benzene rings is 2. The molecule has 2 aromatic carbocycles. The minimum Gasteiger partial charge on any atom is -0.217 e. The molecule has 2 aromatic heterocycles.